The maximum Gasteiger partial charge on any atom is 0.233 e. The van der Waals surface area contributed by atoms with Gasteiger partial charge in [0.05, 0.1) is 17.3 Å². The molecule has 0 saturated carbocycles. The van der Waals surface area contributed by atoms with Crippen molar-refractivity contribution in [3.05, 3.63) is 41.7 Å². The van der Waals surface area contributed by atoms with E-state index < -0.39 is 9.84 Å². The predicted octanol–water partition coefficient (Wildman–Crippen LogP) is 1.47. The highest BCUT2D eigenvalue weighted by Gasteiger charge is 2.32. The number of benzene rings is 1. The Morgan fingerprint density at radius 1 is 1.31 bits per heavy atom. The van der Waals surface area contributed by atoms with Crippen molar-refractivity contribution >= 4 is 27.5 Å². The SMILES string of the molecule is CN(Cc1ccccc1)C(=O)CSc1nnc(C2CCS(=O)(=O)C2)n1C. The van der Waals surface area contributed by atoms with Gasteiger partial charge in [0.1, 0.15) is 5.82 Å². The Kier molecular flexibility index (Phi) is 5.67. The summed E-state index contributed by atoms with van der Waals surface area (Å²) in [6, 6.07) is 9.82. The van der Waals surface area contributed by atoms with Crippen molar-refractivity contribution in [2.24, 2.45) is 7.05 Å². The second-order valence-corrected chi connectivity index (χ2v) is 9.70. The maximum atomic E-state index is 12.3. The van der Waals surface area contributed by atoms with Crippen LogP contribution in [0.15, 0.2) is 35.5 Å². The average Bonchev–Trinajstić information content (AvgIpc) is 3.15. The summed E-state index contributed by atoms with van der Waals surface area (Å²) in [6.07, 6.45) is 0.581. The second kappa shape index (κ2) is 7.79. The Morgan fingerprint density at radius 3 is 2.69 bits per heavy atom. The molecule has 0 bridgehead atoms. The molecule has 0 spiro atoms. The van der Waals surface area contributed by atoms with E-state index in [-0.39, 0.29) is 29.1 Å². The first-order valence-corrected chi connectivity index (χ1v) is 11.2. The first-order valence-electron chi connectivity index (χ1n) is 8.36. The molecule has 140 valence electrons. The molecule has 3 rings (SSSR count). The van der Waals surface area contributed by atoms with Gasteiger partial charge in [0, 0.05) is 26.6 Å². The van der Waals surface area contributed by atoms with Gasteiger partial charge in [-0.15, -0.1) is 10.2 Å². The van der Waals surface area contributed by atoms with Gasteiger partial charge in [-0.1, -0.05) is 42.1 Å². The largest absolute Gasteiger partial charge is 0.341 e. The molecule has 1 aromatic carbocycles. The van der Waals surface area contributed by atoms with E-state index in [9.17, 15) is 13.2 Å². The third kappa shape index (κ3) is 4.45. The van der Waals surface area contributed by atoms with Crippen LogP contribution in [0.2, 0.25) is 0 Å². The summed E-state index contributed by atoms with van der Waals surface area (Å²) in [5.74, 6) is 1.17. The maximum absolute atomic E-state index is 12.3. The van der Waals surface area contributed by atoms with Crippen LogP contribution in [-0.2, 0) is 28.2 Å². The molecule has 0 N–H and O–H groups in total. The number of nitrogens with zero attached hydrogens (tertiary/aromatic N) is 4. The summed E-state index contributed by atoms with van der Waals surface area (Å²) in [7, 11) is 0.633. The zero-order chi connectivity index (χ0) is 18.7. The number of hydrogen-bond acceptors (Lipinski definition) is 6. The summed E-state index contributed by atoms with van der Waals surface area (Å²) in [5.41, 5.74) is 1.08. The van der Waals surface area contributed by atoms with Gasteiger partial charge in [0.2, 0.25) is 5.91 Å². The van der Waals surface area contributed by atoms with E-state index in [0.717, 1.165) is 5.56 Å². The normalized spacial score (nSPS) is 18.8. The molecular formula is C17H22N4O3S2. The number of sulfone groups is 1. The Hall–Kier alpha value is -1.87. The summed E-state index contributed by atoms with van der Waals surface area (Å²) in [4.78, 5) is 14.0. The first-order chi connectivity index (χ1) is 12.4. The number of carbonyl (C=O) groups excluding carboxylic acids is 1. The molecule has 1 aromatic heterocycles. The lowest BCUT2D eigenvalue weighted by Gasteiger charge is -2.17. The van der Waals surface area contributed by atoms with Crippen LogP contribution in [0.3, 0.4) is 0 Å². The van der Waals surface area contributed by atoms with Crippen LogP contribution in [0.5, 0.6) is 0 Å². The van der Waals surface area contributed by atoms with E-state index in [1.54, 1.807) is 16.5 Å². The lowest BCUT2D eigenvalue weighted by atomic mass is 10.1. The molecule has 0 radical (unpaired) electrons. The first kappa shape index (κ1) is 18.9. The third-order valence-electron chi connectivity index (χ3n) is 4.48. The molecule has 9 heteroatoms. The van der Waals surface area contributed by atoms with Gasteiger partial charge in [0.25, 0.3) is 0 Å². The fourth-order valence-corrected chi connectivity index (χ4v) is 5.59. The number of rotatable bonds is 6. The van der Waals surface area contributed by atoms with Crippen LogP contribution in [0.25, 0.3) is 0 Å². The van der Waals surface area contributed by atoms with Crippen LogP contribution >= 0.6 is 11.8 Å². The molecule has 26 heavy (non-hydrogen) atoms. The third-order valence-corrected chi connectivity index (χ3v) is 7.25. The number of amides is 1. The fourth-order valence-electron chi connectivity index (χ4n) is 2.99. The summed E-state index contributed by atoms with van der Waals surface area (Å²) in [5, 5.41) is 8.92. The molecule has 1 unspecified atom stereocenters. The van der Waals surface area contributed by atoms with E-state index in [4.69, 9.17) is 0 Å². The van der Waals surface area contributed by atoms with E-state index in [1.165, 1.54) is 11.8 Å². The van der Waals surface area contributed by atoms with Gasteiger partial charge in [-0.3, -0.25) is 4.79 Å². The van der Waals surface area contributed by atoms with Gasteiger partial charge in [-0.25, -0.2) is 8.42 Å². The molecule has 1 amide bonds. The minimum Gasteiger partial charge on any atom is -0.341 e. The number of hydrogen-bond donors (Lipinski definition) is 0. The zero-order valence-corrected chi connectivity index (χ0v) is 16.5. The number of thioether (sulfide) groups is 1. The Balaban J connectivity index is 1.57. The molecule has 1 saturated heterocycles. The molecule has 7 nitrogen and oxygen atoms in total. The van der Waals surface area contributed by atoms with Gasteiger partial charge in [0.15, 0.2) is 15.0 Å². The van der Waals surface area contributed by atoms with Crippen molar-refractivity contribution in [1.29, 1.82) is 0 Å². The van der Waals surface area contributed by atoms with Crippen molar-refractivity contribution in [2.45, 2.75) is 24.0 Å². The lowest BCUT2D eigenvalue weighted by molar-refractivity contribution is -0.127. The molecule has 1 aliphatic heterocycles. The molecule has 0 aliphatic carbocycles. The lowest BCUT2D eigenvalue weighted by Crippen LogP contribution is -2.27. The Labute approximate surface area is 157 Å². The van der Waals surface area contributed by atoms with Crippen LogP contribution in [0.1, 0.15) is 23.7 Å². The van der Waals surface area contributed by atoms with Crippen LogP contribution in [0, 0.1) is 0 Å². The van der Waals surface area contributed by atoms with Crippen molar-refractivity contribution in [1.82, 2.24) is 19.7 Å². The van der Waals surface area contributed by atoms with Crippen molar-refractivity contribution in [2.75, 3.05) is 24.3 Å². The van der Waals surface area contributed by atoms with Gasteiger partial charge >= 0.3 is 0 Å². The van der Waals surface area contributed by atoms with Crippen molar-refractivity contribution in [3.8, 4) is 0 Å². The molecule has 1 fully saturated rings. The Bertz CT molecular complexity index is 881. The summed E-state index contributed by atoms with van der Waals surface area (Å²) < 4.78 is 25.1. The van der Waals surface area contributed by atoms with Crippen LogP contribution in [-0.4, -0.2) is 58.3 Å². The van der Waals surface area contributed by atoms with E-state index in [2.05, 4.69) is 10.2 Å². The van der Waals surface area contributed by atoms with E-state index in [1.807, 2.05) is 37.4 Å². The minimum atomic E-state index is -2.97. The Morgan fingerprint density at radius 2 is 2.04 bits per heavy atom. The number of aromatic nitrogens is 3. The molecule has 1 aliphatic rings. The second-order valence-electron chi connectivity index (χ2n) is 6.52. The van der Waals surface area contributed by atoms with Gasteiger partial charge < -0.3 is 9.47 Å². The highest BCUT2D eigenvalue weighted by molar-refractivity contribution is 7.99. The van der Waals surface area contributed by atoms with Crippen molar-refractivity contribution in [3.63, 3.8) is 0 Å². The van der Waals surface area contributed by atoms with Crippen LogP contribution < -0.4 is 0 Å². The zero-order valence-electron chi connectivity index (χ0n) is 14.8. The molecule has 1 atom stereocenters. The standard InChI is InChI=1S/C17H22N4O3S2/c1-20(10-13-6-4-3-5-7-13)15(22)11-25-17-19-18-16(21(17)2)14-8-9-26(23,24)12-14/h3-7,14H,8-12H2,1-2H3. The summed E-state index contributed by atoms with van der Waals surface area (Å²) in [6.45, 7) is 0.560. The molecular weight excluding hydrogens is 372 g/mol. The topological polar surface area (TPSA) is 85.2 Å². The van der Waals surface area contributed by atoms with E-state index >= 15 is 0 Å². The van der Waals surface area contributed by atoms with Gasteiger partial charge in [-0.05, 0) is 12.0 Å². The monoisotopic (exact) mass is 394 g/mol. The smallest absolute Gasteiger partial charge is 0.233 e. The average molecular weight is 395 g/mol. The van der Waals surface area contributed by atoms with Crippen LogP contribution in [0.4, 0.5) is 0 Å². The molecule has 2 aromatic rings. The van der Waals surface area contributed by atoms with Gasteiger partial charge in [-0.2, -0.15) is 0 Å². The van der Waals surface area contributed by atoms with Crippen molar-refractivity contribution < 1.29 is 13.2 Å². The fraction of sp³-hybridized carbons (Fsp3) is 0.471. The highest BCUT2D eigenvalue weighted by atomic mass is 32.2. The summed E-state index contributed by atoms with van der Waals surface area (Å²) >= 11 is 1.32. The quantitative estimate of drug-likeness (QED) is 0.690. The molecule has 2 heterocycles. The number of carbonyl (C=O) groups is 1. The predicted molar refractivity (Wildman–Crippen MR) is 101 cm³/mol. The van der Waals surface area contributed by atoms with E-state index in [0.29, 0.717) is 23.9 Å². The minimum absolute atomic E-state index is 0.00634. The highest BCUT2D eigenvalue weighted by Crippen LogP contribution is 2.29.